The SMILES string of the molecule is CCOCC(=O)N[C@H](Cc1cn(C(=O)OC(C)(C)C)c2ccccc12)C(=O)OC. The Kier molecular flexibility index (Phi) is 7.39. The summed E-state index contributed by atoms with van der Waals surface area (Å²) in [6, 6.07) is 6.39. The molecule has 0 fully saturated rings. The van der Waals surface area contributed by atoms with Crippen LogP contribution in [0.2, 0.25) is 0 Å². The van der Waals surface area contributed by atoms with Gasteiger partial charge in [0.25, 0.3) is 0 Å². The number of carbonyl (C=O) groups is 3. The van der Waals surface area contributed by atoms with Gasteiger partial charge in [0.05, 0.1) is 12.6 Å². The summed E-state index contributed by atoms with van der Waals surface area (Å²) < 4.78 is 16.8. The molecule has 0 radical (unpaired) electrons. The fourth-order valence-corrected chi connectivity index (χ4v) is 2.86. The molecule has 1 atom stereocenters. The molecule has 0 aliphatic rings. The molecule has 0 unspecified atom stereocenters. The molecular weight excluding hydrogens is 376 g/mol. The molecule has 0 saturated carbocycles. The van der Waals surface area contributed by atoms with E-state index in [1.807, 2.05) is 18.2 Å². The summed E-state index contributed by atoms with van der Waals surface area (Å²) in [6.07, 6.45) is 1.26. The van der Waals surface area contributed by atoms with Gasteiger partial charge in [-0.3, -0.25) is 9.36 Å². The van der Waals surface area contributed by atoms with Crippen molar-refractivity contribution in [2.45, 2.75) is 45.8 Å². The lowest BCUT2D eigenvalue weighted by Crippen LogP contribution is -2.44. The number of carbonyl (C=O) groups excluding carboxylic acids is 3. The van der Waals surface area contributed by atoms with Gasteiger partial charge in [0.15, 0.2) is 0 Å². The Morgan fingerprint density at radius 3 is 2.48 bits per heavy atom. The van der Waals surface area contributed by atoms with Crippen LogP contribution < -0.4 is 5.32 Å². The smallest absolute Gasteiger partial charge is 0.419 e. The molecule has 2 aromatic rings. The largest absolute Gasteiger partial charge is 0.467 e. The lowest BCUT2D eigenvalue weighted by Gasteiger charge is -2.19. The summed E-state index contributed by atoms with van der Waals surface area (Å²) in [5.41, 5.74) is 0.712. The first-order chi connectivity index (χ1) is 13.7. The predicted octanol–water partition coefficient (Wildman–Crippen LogP) is 2.66. The fraction of sp³-hybridized carbons (Fsp3) is 0.476. The highest BCUT2D eigenvalue weighted by Crippen LogP contribution is 2.24. The summed E-state index contributed by atoms with van der Waals surface area (Å²) in [5.74, 6) is -0.998. The van der Waals surface area contributed by atoms with Gasteiger partial charge in [-0.15, -0.1) is 0 Å². The zero-order valence-corrected chi connectivity index (χ0v) is 17.5. The van der Waals surface area contributed by atoms with Crippen LogP contribution in [0.3, 0.4) is 0 Å². The highest BCUT2D eigenvalue weighted by atomic mass is 16.6. The maximum Gasteiger partial charge on any atom is 0.419 e. The van der Waals surface area contributed by atoms with E-state index in [1.54, 1.807) is 40.0 Å². The van der Waals surface area contributed by atoms with Crippen LogP contribution in [-0.4, -0.2) is 54.5 Å². The Balaban J connectivity index is 2.34. The van der Waals surface area contributed by atoms with Crippen molar-refractivity contribution in [1.82, 2.24) is 9.88 Å². The number of amides is 1. The van der Waals surface area contributed by atoms with E-state index in [1.165, 1.54) is 11.7 Å². The molecule has 0 spiro atoms. The van der Waals surface area contributed by atoms with E-state index in [0.29, 0.717) is 17.7 Å². The topological polar surface area (TPSA) is 95.9 Å². The molecule has 29 heavy (non-hydrogen) atoms. The monoisotopic (exact) mass is 404 g/mol. The molecule has 8 heteroatoms. The van der Waals surface area contributed by atoms with Gasteiger partial charge >= 0.3 is 12.1 Å². The first-order valence-corrected chi connectivity index (χ1v) is 9.43. The second-order valence-corrected chi connectivity index (χ2v) is 7.51. The number of nitrogens with one attached hydrogen (secondary N) is 1. The van der Waals surface area contributed by atoms with Gasteiger partial charge in [-0.2, -0.15) is 0 Å². The quantitative estimate of drug-likeness (QED) is 0.713. The zero-order chi connectivity index (χ0) is 21.6. The third kappa shape index (κ3) is 6.05. The first kappa shape index (κ1) is 22.4. The summed E-state index contributed by atoms with van der Waals surface area (Å²) in [5, 5.41) is 3.41. The Morgan fingerprint density at radius 2 is 1.86 bits per heavy atom. The summed E-state index contributed by atoms with van der Waals surface area (Å²) in [4.78, 5) is 36.9. The van der Waals surface area contributed by atoms with Crippen LogP contribution in [0.25, 0.3) is 10.9 Å². The van der Waals surface area contributed by atoms with Crippen molar-refractivity contribution in [2.24, 2.45) is 0 Å². The van der Waals surface area contributed by atoms with E-state index >= 15 is 0 Å². The number of benzene rings is 1. The number of esters is 1. The van der Waals surface area contributed by atoms with E-state index in [9.17, 15) is 14.4 Å². The van der Waals surface area contributed by atoms with Gasteiger partial charge in [-0.1, -0.05) is 18.2 Å². The van der Waals surface area contributed by atoms with Gasteiger partial charge in [0.2, 0.25) is 5.91 Å². The van der Waals surface area contributed by atoms with Crippen molar-refractivity contribution in [2.75, 3.05) is 20.3 Å². The number of aromatic nitrogens is 1. The molecule has 1 aromatic heterocycles. The molecule has 1 N–H and O–H groups in total. The Bertz CT molecular complexity index is 881. The molecular formula is C21H28N2O6. The molecule has 1 heterocycles. The van der Waals surface area contributed by atoms with Crippen LogP contribution in [0.5, 0.6) is 0 Å². The number of para-hydroxylation sites is 1. The maximum absolute atomic E-state index is 12.6. The van der Waals surface area contributed by atoms with Gasteiger partial charge < -0.3 is 19.5 Å². The van der Waals surface area contributed by atoms with E-state index < -0.39 is 29.6 Å². The van der Waals surface area contributed by atoms with Crippen LogP contribution in [0.4, 0.5) is 4.79 Å². The number of fused-ring (bicyclic) bond motifs is 1. The maximum atomic E-state index is 12.6. The van der Waals surface area contributed by atoms with Gasteiger partial charge in [-0.05, 0) is 39.3 Å². The fourth-order valence-electron chi connectivity index (χ4n) is 2.86. The molecule has 1 amide bonds. The summed E-state index contributed by atoms with van der Waals surface area (Å²) >= 11 is 0. The number of methoxy groups -OCH3 is 1. The molecule has 0 bridgehead atoms. The number of rotatable bonds is 7. The van der Waals surface area contributed by atoms with Crippen molar-refractivity contribution in [3.05, 3.63) is 36.0 Å². The average molecular weight is 404 g/mol. The number of hydrogen-bond acceptors (Lipinski definition) is 6. The molecule has 8 nitrogen and oxygen atoms in total. The van der Waals surface area contributed by atoms with Crippen LogP contribution in [0, 0.1) is 0 Å². The number of hydrogen-bond donors (Lipinski definition) is 1. The normalized spacial score (nSPS) is 12.4. The minimum Gasteiger partial charge on any atom is -0.467 e. The van der Waals surface area contributed by atoms with Crippen molar-refractivity contribution in [3.8, 4) is 0 Å². The van der Waals surface area contributed by atoms with Crippen molar-refractivity contribution >= 4 is 28.9 Å². The molecule has 1 aromatic carbocycles. The molecule has 0 aliphatic carbocycles. The minimum absolute atomic E-state index is 0.149. The Hall–Kier alpha value is -2.87. The van der Waals surface area contributed by atoms with Crippen molar-refractivity contribution in [3.63, 3.8) is 0 Å². The van der Waals surface area contributed by atoms with Crippen molar-refractivity contribution < 1.29 is 28.6 Å². The van der Waals surface area contributed by atoms with Gasteiger partial charge in [0, 0.05) is 24.6 Å². The van der Waals surface area contributed by atoms with Crippen LogP contribution in [0.1, 0.15) is 33.3 Å². The lowest BCUT2D eigenvalue weighted by molar-refractivity contribution is -0.145. The molecule has 0 saturated heterocycles. The van der Waals surface area contributed by atoms with E-state index in [-0.39, 0.29) is 13.0 Å². The third-order valence-electron chi connectivity index (χ3n) is 4.07. The predicted molar refractivity (Wildman–Crippen MR) is 108 cm³/mol. The Labute approximate surface area is 170 Å². The highest BCUT2D eigenvalue weighted by Gasteiger charge is 2.26. The first-order valence-electron chi connectivity index (χ1n) is 9.43. The lowest BCUT2D eigenvalue weighted by atomic mass is 10.0. The second-order valence-electron chi connectivity index (χ2n) is 7.51. The van der Waals surface area contributed by atoms with E-state index in [4.69, 9.17) is 14.2 Å². The summed E-state index contributed by atoms with van der Waals surface area (Å²) in [7, 11) is 1.26. The van der Waals surface area contributed by atoms with Gasteiger partial charge in [0.1, 0.15) is 18.2 Å². The van der Waals surface area contributed by atoms with Crippen LogP contribution >= 0.6 is 0 Å². The van der Waals surface area contributed by atoms with E-state index in [2.05, 4.69) is 5.32 Å². The van der Waals surface area contributed by atoms with Crippen LogP contribution in [-0.2, 0) is 30.2 Å². The van der Waals surface area contributed by atoms with Crippen molar-refractivity contribution in [1.29, 1.82) is 0 Å². The third-order valence-corrected chi connectivity index (χ3v) is 4.07. The van der Waals surface area contributed by atoms with E-state index in [0.717, 1.165) is 5.39 Å². The van der Waals surface area contributed by atoms with Crippen LogP contribution in [0.15, 0.2) is 30.5 Å². The highest BCUT2D eigenvalue weighted by molar-refractivity contribution is 5.93. The molecule has 0 aliphatic heterocycles. The zero-order valence-electron chi connectivity index (χ0n) is 17.5. The number of ether oxygens (including phenoxy) is 3. The van der Waals surface area contributed by atoms with Gasteiger partial charge in [-0.25, -0.2) is 9.59 Å². The second kappa shape index (κ2) is 9.56. The Morgan fingerprint density at radius 1 is 1.17 bits per heavy atom. The summed E-state index contributed by atoms with van der Waals surface area (Å²) in [6.45, 7) is 7.38. The molecule has 158 valence electrons. The molecule has 2 rings (SSSR count). The number of nitrogens with zero attached hydrogens (tertiary/aromatic N) is 1. The minimum atomic E-state index is -0.911. The standard InChI is InChI=1S/C21H28N2O6/c1-6-28-13-18(24)22-16(19(25)27-5)11-14-12-23(20(26)29-21(2,3)4)17-10-8-7-9-15(14)17/h7-10,12,16H,6,11,13H2,1-5H3,(H,22,24)/t16-/m1/s1. The average Bonchev–Trinajstić information content (AvgIpc) is 3.02.